The third-order valence-electron chi connectivity index (χ3n) is 4.07. The standard InChI is InChI=1S/C21H25NO4/c1-14(2)17-9-11-19(12-10-17)26-15(3)20(23)22-13-16-5-7-18(8-6-16)21(24)25-4/h5-12,14-15H,13H2,1-4H3,(H,22,23). The van der Waals surface area contributed by atoms with Crippen LogP contribution in [0.4, 0.5) is 0 Å². The van der Waals surface area contributed by atoms with Crippen molar-refractivity contribution < 1.29 is 19.1 Å². The van der Waals surface area contributed by atoms with E-state index in [0.717, 1.165) is 5.56 Å². The van der Waals surface area contributed by atoms with Gasteiger partial charge >= 0.3 is 5.97 Å². The molecule has 0 spiro atoms. The van der Waals surface area contributed by atoms with Gasteiger partial charge in [0.05, 0.1) is 12.7 Å². The van der Waals surface area contributed by atoms with E-state index >= 15 is 0 Å². The molecular weight excluding hydrogens is 330 g/mol. The van der Waals surface area contributed by atoms with Crippen LogP contribution in [0.5, 0.6) is 5.75 Å². The number of carbonyl (C=O) groups is 2. The summed E-state index contributed by atoms with van der Waals surface area (Å²) in [5.74, 6) is 0.538. The smallest absolute Gasteiger partial charge is 0.337 e. The lowest BCUT2D eigenvalue weighted by Gasteiger charge is -2.15. The summed E-state index contributed by atoms with van der Waals surface area (Å²) in [6.45, 7) is 6.33. The van der Waals surface area contributed by atoms with Crippen LogP contribution in [0, 0.1) is 0 Å². The molecule has 1 N–H and O–H groups in total. The van der Waals surface area contributed by atoms with E-state index in [9.17, 15) is 9.59 Å². The molecule has 5 nitrogen and oxygen atoms in total. The molecule has 0 aliphatic rings. The van der Waals surface area contributed by atoms with Crippen molar-refractivity contribution >= 4 is 11.9 Å². The highest BCUT2D eigenvalue weighted by molar-refractivity contribution is 5.89. The molecule has 0 bridgehead atoms. The van der Waals surface area contributed by atoms with E-state index in [1.807, 2.05) is 24.3 Å². The monoisotopic (exact) mass is 355 g/mol. The average Bonchev–Trinajstić information content (AvgIpc) is 2.66. The van der Waals surface area contributed by atoms with Crippen LogP contribution in [-0.4, -0.2) is 25.1 Å². The van der Waals surface area contributed by atoms with Crippen LogP contribution < -0.4 is 10.1 Å². The summed E-state index contributed by atoms with van der Waals surface area (Å²) in [7, 11) is 1.34. The van der Waals surface area contributed by atoms with Crippen molar-refractivity contribution in [1.29, 1.82) is 0 Å². The molecule has 0 heterocycles. The minimum Gasteiger partial charge on any atom is -0.481 e. The molecule has 26 heavy (non-hydrogen) atoms. The molecule has 0 fully saturated rings. The third kappa shape index (κ3) is 5.34. The number of nitrogens with one attached hydrogen (secondary N) is 1. The minimum absolute atomic E-state index is 0.199. The highest BCUT2D eigenvalue weighted by Crippen LogP contribution is 2.19. The van der Waals surface area contributed by atoms with Crippen molar-refractivity contribution in [3.63, 3.8) is 0 Å². The van der Waals surface area contributed by atoms with E-state index in [1.165, 1.54) is 12.7 Å². The van der Waals surface area contributed by atoms with Crippen LogP contribution in [0.1, 0.15) is 48.2 Å². The quantitative estimate of drug-likeness (QED) is 0.770. The summed E-state index contributed by atoms with van der Waals surface area (Å²) in [6.07, 6.45) is -0.603. The molecule has 0 aliphatic heterocycles. The van der Waals surface area contributed by atoms with Crippen LogP contribution >= 0.6 is 0 Å². The summed E-state index contributed by atoms with van der Waals surface area (Å²) in [6, 6.07) is 14.7. The number of hydrogen-bond donors (Lipinski definition) is 1. The van der Waals surface area contributed by atoms with Gasteiger partial charge in [-0.1, -0.05) is 38.1 Å². The van der Waals surface area contributed by atoms with Gasteiger partial charge in [0.2, 0.25) is 0 Å². The summed E-state index contributed by atoms with van der Waals surface area (Å²) in [5, 5.41) is 2.83. The lowest BCUT2D eigenvalue weighted by molar-refractivity contribution is -0.127. The average molecular weight is 355 g/mol. The predicted octanol–water partition coefficient (Wildman–Crippen LogP) is 3.68. The lowest BCUT2D eigenvalue weighted by Crippen LogP contribution is -2.35. The van der Waals surface area contributed by atoms with Gasteiger partial charge in [0.1, 0.15) is 5.75 Å². The molecule has 1 amide bonds. The Balaban J connectivity index is 1.85. The van der Waals surface area contributed by atoms with E-state index < -0.39 is 6.10 Å². The van der Waals surface area contributed by atoms with Crippen molar-refractivity contribution in [3.8, 4) is 5.75 Å². The van der Waals surface area contributed by atoms with Gasteiger partial charge < -0.3 is 14.8 Å². The first kappa shape index (κ1) is 19.5. The maximum absolute atomic E-state index is 12.2. The van der Waals surface area contributed by atoms with Crippen LogP contribution in [0.2, 0.25) is 0 Å². The van der Waals surface area contributed by atoms with Gasteiger partial charge in [0.25, 0.3) is 5.91 Å². The molecule has 2 rings (SSSR count). The number of amides is 1. The molecule has 0 saturated carbocycles. The summed E-state index contributed by atoms with van der Waals surface area (Å²) < 4.78 is 10.3. The second kappa shape index (κ2) is 9.04. The van der Waals surface area contributed by atoms with Crippen molar-refractivity contribution in [2.75, 3.05) is 7.11 Å². The number of ether oxygens (including phenoxy) is 2. The van der Waals surface area contributed by atoms with Gasteiger partial charge in [-0.05, 0) is 48.2 Å². The van der Waals surface area contributed by atoms with Crippen LogP contribution in [-0.2, 0) is 16.1 Å². The van der Waals surface area contributed by atoms with Gasteiger partial charge in [-0.15, -0.1) is 0 Å². The van der Waals surface area contributed by atoms with Gasteiger partial charge in [0, 0.05) is 6.54 Å². The molecule has 1 atom stereocenters. The second-order valence-corrected chi connectivity index (χ2v) is 6.39. The molecule has 2 aromatic carbocycles. The van der Waals surface area contributed by atoms with E-state index in [2.05, 4.69) is 23.9 Å². The molecule has 5 heteroatoms. The Morgan fingerprint density at radius 2 is 1.58 bits per heavy atom. The number of benzene rings is 2. The highest BCUT2D eigenvalue weighted by atomic mass is 16.5. The van der Waals surface area contributed by atoms with E-state index in [-0.39, 0.29) is 11.9 Å². The second-order valence-electron chi connectivity index (χ2n) is 6.39. The van der Waals surface area contributed by atoms with Crippen molar-refractivity contribution in [2.45, 2.75) is 39.3 Å². The van der Waals surface area contributed by atoms with E-state index in [4.69, 9.17) is 4.74 Å². The highest BCUT2D eigenvalue weighted by Gasteiger charge is 2.14. The Kier molecular flexibility index (Phi) is 6.78. The van der Waals surface area contributed by atoms with Gasteiger partial charge in [-0.2, -0.15) is 0 Å². The summed E-state index contributed by atoms with van der Waals surface area (Å²) in [4.78, 5) is 23.6. The zero-order valence-electron chi connectivity index (χ0n) is 15.6. The molecule has 2 aromatic rings. The Hall–Kier alpha value is -2.82. The molecule has 0 aliphatic carbocycles. The number of hydrogen-bond acceptors (Lipinski definition) is 4. The molecule has 1 unspecified atom stereocenters. The molecule has 0 aromatic heterocycles. The maximum atomic E-state index is 12.2. The normalized spacial score (nSPS) is 11.7. The van der Waals surface area contributed by atoms with E-state index in [1.54, 1.807) is 31.2 Å². The largest absolute Gasteiger partial charge is 0.481 e. The van der Waals surface area contributed by atoms with Crippen LogP contribution in [0.3, 0.4) is 0 Å². The zero-order chi connectivity index (χ0) is 19.1. The number of carbonyl (C=O) groups excluding carboxylic acids is 2. The van der Waals surface area contributed by atoms with Crippen molar-refractivity contribution in [3.05, 3.63) is 65.2 Å². The fraction of sp³-hybridized carbons (Fsp3) is 0.333. The SMILES string of the molecule is COC(=O)c1ccc(CNC(=O)C(C)Oc2ccc(C(C)C)cc2)cc1. The van der Waals surface area contributed by atoms with Gasteiger partial charge in [0.15, 0.2) is 6.10 Å². The first-order valence-electron chi connectivity index (χ1n) is 8.62. The molecule has 138 valence electrons. The zero-order valence-corrected chi connectivity index (χ0v) is 15.6. The molecular formula is C21H25NO4. The van der Waals surface area contributed by atoms with Gasteiger partial charge in [-0.25, -0.2) is 4.79 Å². The van der Waals surface area contributed by atoms with Crippen molar-refractivity contribution in [2.24, 2.45) is 0 Å². The van der Waals surface area contributed by atoms with Crippen molar-refractivity contribution in [1.82, 2.24) is 5.32 Å². The fourth-order valence-electron chi connectivity index (χ4n) is 2.40. The fourth-order valence-corrected chi connectivity index (χ4v) is 2.40. The Morgan fingerprint density at radius 1 is 0.962 bits per heavy atom. The Bertz CT molecular complexity index is 736. The molecule has 0 radical (unpaired) electrons. The topological polar surface area (TPSA) is 64.6 Å². The van der Waals surface area contributed by atoms with Crippen LogP contribution in [0.25, 0.3) is 0 Å². The number of rotatable bonds is 7. The predicted molar refractivity (Wildman–Crippen MR) is 100 cm³/mol. The minimum atomic E-state index is -0.603. The Labute approximate surface area is 154 Å². The third-order valence-corrected chi connectivity index (χ3v) is 4.07. The summed E-state index contributed by atoms with van der Waals surface area (Å²) in [5.41, 5.74) is 2.59. The first-order chi connectivity index (χ1) is 12.4. The lowest BCUT2D eigenvalue weighted by atomic mass is 10.0. The first-order valence-corrected chi connectivity index (χ1v) is 8.62. The van der Waals surface area contributed by atoms with E-state index in [0.29, 0.717) is 23.8 Å². The van der Waals surface area contributed by atoms with Gasteiger partial charge in [-0.3, -0.25) is 4.79 Å². The molecule has 0 saturated heterocycles. The van der Waals surface area contributed by atoms with Crippen LogP contribution in [0.15, 0.2) is 48.5 Å². The Morgan fingerprint density at radius 3 is 2.12 bits per heavy atom. The number of methoxy groups -OCH3 is 1. The summed E-state index contributed by atoms with van der Waals surface area (Å²) >= 11 is 0. The maximum Gasteiger partial charge on any atom is 0.337 e. The number of esters is 1.